The van der Waals surface area contributed by atoms with Gasteiger partial charge in [0.1, 0.15) is 17.5 Å². The molecule has 0 amide bonds. The first-order valence-corrected chi connectivity index (χ1v) is 5.14. The minimum absolute atomic E-state index is 0.173. The van der Waals surface area contributed by atoms with Crippen LogP contribution in [0.2, 0.25) is 0 Å². The number of halogens is 3. The third-order valence-corrected chi connectivity index (χ3v) is 2.42. The molecule has 1 rings (SSSR count). The van der Waals surface area contributed by atoms with Crippen LogP contribution in [-0.4, -0.2) is 16.1 Å². The number of pyridine rings is 1. The molecule has 1 aromatic rings. The van der Waals surface area contributed by atoms with Crippen LogP contribution in [0.15, 0.2) is 6.07 Å². The summed E-state index contributed by atoms with van der Waals surface area (Å²) in [4.78, 5) is 14.1. The molecule has 1 heterocycles. The maximum atomic E-state index is 12.5. The number of carboxylic acid groups (broad SMARTS) is 1. The van der Waals surface area contributed by atoms with Crippen LogP contribution in [-0.2, 0) is 5.33 Å². The van der Waals surface area contributed by atoms with Crippen LogP contribution in [0.3, 0.4) is 0 Å². The Labute approximate surface area is 97.7 Å². The lowest BCUT2D eigenvalue weighted by atomic mass is 10.1. The van der Waals surface area contributed by atoms with Gasteiger partial charge < -0.3 is 5.11 Å². The molecular formula is C9H5BrF2N2O2. The summed E-state index contributed by atoms with van der Waals surface area (Å²) in [5.74, 6) is -1.49. The standard InChI is InChI=1S/C9H5BrF2N2O2/c10-2-4-1-5(9(15)16)7(8(11)12)14-6(4)3-13/h1,8H,2H2,(H,15,16). The lowest BCUT2D eigenvalue weighted by Crippen LogP contribution is -2.08. The summed E-state index contributed by atoms with van der Waals surface area (Å²) >= 11 is 3.02. The molecule has 0 bridgehead atoms. The summed E-state index contributed by atoms with van der Waals surface area (Å²) in [6.45, 7) is 0. The first-order chi connectivity index (χ1) is 7.51. The lowest BCUT2D eigenvalue weighted by Gasteiger charge is -2.07. The molecule has 0 atom stereocenters. The van der Waals surface area contributed by atoms with Crippen molar-refractivity contribution in [3.8, 4) is 6.07 Å². The Hall–Kier alpha value is -1.55. The van der Waals surface area contributed by atoms with E-state index in [0.717, 1.165) is 6.07 Å². The zero-order valence-electron chi connectivity index (χ0n) is 7.75. The van der Waals surface area contributed by atoms with Gasteiger partial charge in [-0.3, -0.25) is 0 Å². The minimum atomic E-state index is -3.03. The van der Waals surface area contributed by atoms with Gasteiger partial charge in [-0.1, -0.05) is 15.9 Å². The number of hydrogen-bond acceptors (Lipinski definition) is 3. The predicted molar refractivity (Wildman–Crippen MR) is 53.5 cm³/mol. The number of aromatic nitrogens is 1. The molecule has 1 aromatic heterocycles. The maximum Gasteiger partial charge on any atom is 0.337 e. The Balaban J connectivity index is 3.49. The number of hydrogen-bond donors (Lipinski definition) is 1. The lowest BCUT2D eigenvalue weighted by molar-refractivity contribution is 0.0682. The van der Waals surface area contributed by atoms with Gasteiger partial charge in [0.05, 0.1) is 5.56 Å². The van der Waals surface area contributed by atoms with Crippen molar-refractivity contribution in [3.05, 3.63) is 28.6 Å². The number of aromatic carboxylic acids is 1. The maximum absolute atomic E-state index is 12.5. The highest BCUT2D eigenvalue weighted by atomic mass is 79.9. The van der Waals surface area contributed by atoms with Gasteiger partial charge in [-0.2, -0.15) is 5.26 Å². The number of carboxylic acids is 1. The van der Waals surface area contributed by atoms with E-state index in [2.05, 4.69) is 20.9 Å². The van der Waals surface area contributed by atoms with E-state index in [-0.39, 0.29) is 16.6 Å². The third-order valence-electron chi connectivity index (χ3n) is 1.82. The van der Waals surface area contributed by atoms with Crippen molar-refractivity contribution in [2.45, 2.75) is 11.8 Å². The van der Waals surface area contributed by atoms with Gasteiger partial charge in [0.2, 0.25) is 0 Å². The van der Waals surface area contributed by atoms with E-state index < -0.39 is 23.7 Å². The van der Waals surface area contributed by atoms with Crippen molar-refractivity contribution >= 4 is 21.9 Å². The topological polar surface area (TPSA) is 74.0 Å². The van der Waals surface area contributed by atoms with Crippen LogP contribution in [0.5, 0.6) is 0 Å². The molecule has 0 aliphatic carbocycles. The molecule has 0 aliphatic rings. The van der Waals surface area contributed by atoms with Crippen LogP contribution in [0, 0.1) is 11.3 Å². The second-order valence-electron chi connectivity index (χ2n) is 2.78. The van der Waals surface area contributed by atoms with Gasteiger partial charge in [-0.15, -0.1) is 0 Å². The Bertz CT molecular complexity index is 471. The molecule has 0 saturated heterocycles. The van der Waals surface area contributed by atoms with Gasteiger partial charge >= 0.3 is 5.97 Å². The first kappa shape index (κ1) is 12.5. The van der Waals surface area contributed by atoms with Crippen molar-refractivity contribution < 1.29 is 18.7 Å². The van der Waals surface area contributed by atoms with Crippen LogP contribution in [0.25, 0.3) is 0 Å². The second kappa shape index (κ2) is 4.99. The van der Waals surface area contributed by atoms with E-state index in [9.17, 15) is 13.6 Å². The van der Waals surface area contributed by atoms with Gasteiger partial charge in [0.25, 0.3) is 6.43 Å². The zero-order chi connectivity index (χ0) is 12.3. The van der Waals surface area contributed by atoms with E-state index in [1.54, 1.807) is 6.07 Å². The number of nitrogens with zero attached hydrogens (tertiary/aromatic N) is 2. The highest BCUT2D eigenvalue weighted by Gasteiger charge is 2.22. The molecule has 4 nitrogen and oxygen atoms in total. The second-order valence-corrected chi connectivity index (χ2v) is 3.34. The monoisotopic (exact) mass is 290 g/mol. The molecule has 84 valence electrons. The normalized spacial score (nSPS) is 10.2. The van der Waals surface area contributed by atoms with Crippen LogP contribution in [0.1, 0.15) is 33.7 Å². The fourth-order valence-corrected chi connectivity index (χ4v) is 1.53. The van der Waals surface area contributed by atoms with E-state index in [1.165, 1.54) is 0 Å². The molecule has 16 heavy (non-hydrogen) atoms. The molecule has 7 heteroatoms. The number of rotatable bonds is 3. The molecule has 0 radical (unpaired) electrons. The SMILES string of the molecule is N#Cc1nc(C(F)F)c(C(=O)O)cc1CBr. The van der Waals surface area contributed by atoms with E-state index in [1.807, 2.05) is 0 Å². The fourth-order valence-electron chi connectivity index (χ4n) is 1.11. The molecule has 0 aliphatic heterocycles. The average molecular weight is 291 g/mol. The first-order valence-electron chi connectivity index (χ1n) is 4.02. The van der Waals surface area contributed by atoms with E-state index >= 15 is 0 Å². The molecule has 0 spiro atoms. The van der Waals surface area contributed by atoms with Crippen LogP contribution < -0.4 is 0 Å². The number of nitriles is 1. The van der Waals surface area contributed by atoms with Gasteiger partial charge in [0, 0.05) is 10.9 Å². The summed E-state index contributed by atoms with van der Waals surface area (Å²) in [5, 5.41) is 17.6. The average Bonchev–Trinajstić information content (AvgIpc) is 2.26. The summed E-state index contributed by atoms with van der Waals surface area (Å²) < 4.78 is 25.0. The number of alkyl halides is 3. The molecule has 0 aromatic carbocycles. The van der Waals surface area contributed by atoms with Crippen molar-refractivity contribution in [2.75, 3.05) is 0 Å². The molecular weight excluding hydrogens is 286 g/mol. The fraction of sp³-hybridized carbons (Fsp3) is 0.222. The quantitative estimate of drug-likeness (QED) is 0.868. The third kappa shape index (κ3) is 2.33. The highest BCUT2D eigenvalue weighted by molar-refractivity contribution is 9.08. The van der Waals surface area contributed by atoms with Crippen LogP contribution in [0.4, 0.5) is 8.78 Å². The Morgan fingerprint density at radius 1 is 1.69 bits per heavy atom. The van der Waals surface area contributed by atoms with E-state index in [0.29, 0.717) is 0 Å². The van der Waals surface area contributed by atoms with E-state index in [4.69, 9.17) is 10.4 Å². The van der Waals surface area contributed by atoms with Crippen molar-refractivity contribution in [1.82, 2.24) is 4.98 Å². The summed E-state index contributed by atoms with van der Waals surface area (Å²) in [5.41, 5.74) is -1.39. The Kier molecular flexibility index (Phi) is 3.90. The van der Waals surface area contributed by atoms with Crippen LogP contribution >= 0.6 is 15.9 Å². The smallest absolute Gasteiger partial charge is 0.337 e. The largest absolute Gasteiger partial charge is 0.478 e. The van der Waals surface area contributed by atoms with Gasteiger partial charge in [0.15, 0.2) is 0 Å². The van der Waals surface area contributed by atoms with Gasteiger partial charge in [-0.25, -0.2) is 18.6 Å². The summed E-state index contributed by atoms with van der Waals surface area (Å²) in [6.07, 6.45) is -3.03. The molecule has 0 fully saturated rings. The van der Waals surface area contributed by atoms with Crippen molar-refractivity contribution in [1.29, 1.82) is 5.26 Å². The summed E-state index contributed by atoms with van der Waals surface area (Å²) in [7, 11) is 0. The van der Waals surface area contributed by atoms with Gasteiger partial charge in [-0.05, 0) is 6.07 Å². The molecule has 1 N–H and O–H groups in total. The summed E-state index contributed by atoms with van der Waals surface area (Å²) in [6, 6.07) is 2.67. The zero-order valence-corrected chi connectivity index (χ0v) is 9.33. The van der Waals surface area contributed by atoms with Crippen molar-refractivity contribution in [3.63, 3.8) is 0 Å². The highest BCUT2D eigenvalue weighted by Crippen LogP contribution is 2.24. The number of carbonyl (C=O) groups is 1. The molecule has 0 unspecified atom stereocenters. The minimum Gasteiger partial charge on any atom is -0.478 e. The van der Waals surface area contributed by atoms with Crippen molar-refractivity contribution in [2.24, 2.45) is 0 Å². The predicted octanol–water partition coefficient (Wildman–Crippen LogP) is 2.48. The Morgan fingerprint density at radius 2 is 2.31 bits per heavy atom. The Morgan fingerprint density at radius 3 is 2.69 bits per heavy atom. The molecule has 0 saturated carbocycles.